The Morgan fingerprint density at radius 2 is 1.96 bits per heavy atom. The molecule has 8 heteroatoms. The Bertz CT molecular complexity index is 864. The Morgan fingerprint density at radius 1 is 1.15 bits per heavy atom. The Morgan fingerprint density at radius 3 is 2.62 bits per heavy atom. The molecule has 0 bridgehead atoms. The van der Waals surface area contributed by atoms with Crippen LogP contribution < -0.4 is 15.4 Å². The van der Waals surface area contributed by atoms with Gasteiger partial charge in [0.05, 0.1) is 18.0 Å². The van der Waals surface area contributed by atoms with Crippen molar-refractivity contribution in [1.82, 2.24) is 15.3 Å². The summed E-state index contributed by atoms with van der Waals surface area (Å²) < 4.78 is 10.4. The van der Waals surface area contributed by atoms with Crippen molar-refractivity contribution in [3.05, 3.63) is 67.0 Å². The topological polar surface area (TPSA) is 106 Å². The zero-order valence-corrected chi connectivity index (χ0v) is 13.9. The van der Waals surface area contributed by atoms with Crippen LogP contribution in [-0.2, 0) is 4.79 Å². The number of amides is 2. The van der Waals surface area contributed by atoms with Crippen LogP contribution >= 0.6 is 0 Å². The molecule has 0 aliphatic rings. The zero-order valence-electron chi connectivity index (χ0n) is 13.9. The Labute approximate surface area is 149 Å². The van der Waals surface area contributed by atoms with Crippen molar-refractivity contribution in [3.8, 4) is 11.6 Å². The van der Waals surface area contributed by atoms with Crippen molar-refractivity contribution in [2.45, 2.75) is 13.0 Å². The second kappa shape index (κ2) is 7.93. The number of furan rings is 1. The standard InChI is InChI=1S/C18H16N4O4/c1-12(21-18(24)13-6-9-25-11-13)17(23)22-14-2-4-15(5-3-14)26-16-10-19-7-8-20-16/h2-12H,1H3,(H,21,24)(H,22,23)/t12-/m1/s1. The molecule has 0 spiro atoms. The quantitative estimate of drug-likeness (QED) is 0.706. The van der Waals surface area contributed by atoms with E-state index in [2.05, 4.69) is 20.6 Å². The highest BCUT2D eigenvalue weighted by Crippen LogP contribution is 2.20. The summed E-state index contributed by atoms with van der Waals surface area (Å²) in [5.41, 5.74) is 0.932. The number of nitrogens with one attached hydrogen (secondary N) is 2. The van der Waals surface area contributed by atoms with Gasteiger partial charge in [0.15, 0.2) is 0 Å². The fraction of sp³-hybridized carbons (Fsp3) is 0.111. The van der Waals surface area contributed by atoms with Gasteiger partial charge in [0.25, 0.3) is 5.91 Å². The highest BCUT2D eigenvalue weighted by molar-refractivity contribution is 6.00. The lowest BCUT2D eigenvalue weighted by atomic mass is 10.2. The first-order valence-electron chi connectivity index (χ1n) is 7.79. The minimum Gasteiger partial charge on any atom is -0.472 e. The van der Waals surface area contributed by atoms with Gasteiger partial charge in [-0.3, -0.25) is 14.6 Å². The first-order valence-corrected chi connectivity index (χ1v) is 7.79. The van der Waals surface area contributed by atoms with Crippen molar-refractivity contribution >= 4 is 17.5 Å². The number of rotatable bonds is 6. The molecule has 0 aliphatic heterocycles. The maximum Gasteiger partial charge on any atom is 0.255 e. The molecule has 8 nitrogen and oxygen atoms in total. The molecule has 1 aromatic carbocycles. The van der Waals surface area contributed by atoms with Crippen molar-refractivity contribution in [2.75, 3.05) is 5.32 Å². The Kier molecular flexibility index (Phi) is 5.23. The molecule has 3 aromatic rings. The van der Waals surface area contributed by atoms with Crippen LogP contribution in [0.25, 0.3) is 0 Å². The van der Waals surface area contributed by atoms with E-state index in [1.165, 1.54) is 31.0 Å². The van der Waals surface area contributed by atoms with Crippen molar-refractivity contribution in [1.29, 1.82) is 0 Å². The molecule has 2 amide bonds. The lowest BCUT2D eigenvalue weighted by Crippen LogP contribution is -2.41. The zero-order chi connectivity index (χ0) is 18.4. The number of hydrogen-bond donors (Lipinski definition) is 2. The lowest BCUT2D eigenvalue weighted by molar-refractivity contribution is -0.117. The molecule has 2 heterocycles. The number of nitrogens with zero attached hydrogens (tertiary/aromatic N) is 2. The minimum absolute atomic E-state index is 0.343. The molecule has 0 aliphatic carbocycles. The van der Waals surface area contributed by atoms with Crippen LogP contribution in [0, 0.1) is 0 Å². The molecule has 2 N–H and O–H groups in total. The maximum atomic E-state index is 12.2. The first-order chi connectivity index (χ1) is 12.6. The van der Waals surface area contributed by atoms with Crippen molar-refractivity contribution in [2.24, 2.45) is 0 Å². The van der Waals surface area contributed by atoms with E-state index < -0.39 is 6.04 Å². The highest BCUT2D eigenvalue weighted by atomic mass is 16.5. The number of aromatic nitrogens is 2. The third-order valence-corrected chi connectivity index (χ3v) is 3.41. The fourth-order valence-electron chi connectivity index (χ4n) is 2.05. The van der Waals surface area contributed by atoms with E-state index in [0.717, 1.165) is 0 Å². The van der Waals surface area contributed by atoms with E-state index in [-0.39, 0.29) is 11.8 Å². The molecule has 0 fully saturated rings. The molecular weight excluding hydrogens is 336 g/mol. The molecular formula is C18H16N4O4. The molecule has 1 atom stereocenters. The Hall–Kier alpha value is -3.68. The molecule has 0 radical (unpaired) electrons. The van der Waals surface area contributed by atoms with Crippen LogP contribution in [-0.4, -0.2) is 27.8 Å². The molecule has 0 saturated carbocycles. The van der Waals surface area contributed by atoms with Gasteiger partial charge in [-0.15, -0.1) is 0 Å². The van der Waals surface area contributed by atoms with Crippen molar-refractivity contribution in [3.63, 3.8) is 0 Å². The summed E-state index contributed by atoms with van der Waals surface area (Å²) in [6, 6.07) is 7.57. The van der Waals surface area contributed by atoms with Gasteiger partial charge in [-0.2, -0.15) is 0 Å². The van der Waals surface area contributed by atoms with Gasteiger partial charge < -0.3 is 19.8 Å². The third kappa shape index (κ3) is 4.44. The van der Waals surface area contributed by atoms with E-state index in [4.69, 9.17) is 9.15 Å². The summed E-state index contributed by atoms with van der Waals surface area (Å²) in [6.07, 6.45) is 7.29. The van der Waals surface area contributed by atoms with E-state index in [1.54, 1.807) is 37.4 Å². The normalized spacial score (nSPS) is 11.4. The SMILES string of the molecule is C[C@@H](NC(=O)c1ccoc1)C(=O)Nc1ccc(Oc2cnccn2)cc1. The number of hydrogen-bond acceptors (Lipinski definition) is 6. The van der Waals surface area contributed by atoms with Crippen LogP contribution in [0.1, 0.15) is 17.3 Å². The van der Waals surface area contributed by atoms with Gasteiger partial charge in [-0.1, -0.05) is 0 Å². The molecule has 3 rings (SSSR count). The van der Waals surface area contributed by atoms with Gasteiger partial charge in [0, 0.05) is 18.1 Å². The second-order valence-corrected chi connectivity index (χ2v) is 5.37. The average molecular weight is 352 g/mol. The maximum absolute atomic E-state index is 12.2. The van der Waals surface area contributed by atoms with E-state index >= 15 is 0 Å². The lowest BCUT2D eigenvalue weighted by Gasteiger charge is -2.14. The summed E-state index contributed by atoms with van der Waals surface area (Å²) in [6.45, 7) is 1.60. The number of ether oxygens (including phenoxy) is 1. The molecule has 2 aromatic heterocycles. The van der Waals surface area contributed by atoms with Gasteiger partial charge in [0.2, 0.25) is 11.8 Å². The fourth-order valence-corrected chi connectivity index (χ4v) is 2.05. The number of benzene rings is 1. The van der Waals surface area contributed by atoms with Gasteiger partial charge >= 0.3 is 0 Å². The summed E-state index contributed by atoms with van der Waals surface area (Å²) in [7, 11) is 0. The Balaban J connectivity index is 1.54. The van der Waals surface area contributed by atoms with Crippen LogP contribution in [0.5, 0.6) is 11.6 Å². The van der Waals surface area contributed by atoms with Gasteiger partial charge in [-0.05, 0) is 37.3 Å². The average Bonchev–Trinajstić information content (AvgIpc) is 3.19. The largest absolute Gasteiger partial charge is 0.472 e. The van der Waals surface area contributed by atoms with E-state index in [1.807, 2.05) is 0 Å². The molecule has 0 saturated heterocycles. The number of carbonyl (C=O) groups is 2. The minimum atomic E-state index is -0.715. The van der Waals surface area contributed by atoms with Gasteiger partial charge in [-0.25, -0.2) is 4.98 Å². The summed E-state index contributed by atoms with van der Waals surface area (Å²) >= 11 is 0. The number of carbonyl (C=O) groups excluding carboxylic acids is 2. The molecule has 0 unspecified atom stereocenters. The predicted molar refractivity (Wildman–Crippen MR) is 92.8 cm³/mol. The van der Waals surface area contributed by atoms with Crippen LogP contribution in [0.4, 0.5) is 5.69 Å². The smallest absolute Gasteiger partial charge is 0.255 e. The monoisotopic (exact) mass is 352 g/mol. The van der Waals surface area contributed by atoms with Crippen LogP contribution in [0.3, 0.4) is 0 Å². The summed E-state index contributed by atoms with van der Waals surface area (Å²) in [5.74, 6) is 0.211. The predicted octanol–water partition coefficient (Wildman–Crippen LogP) is 2.62. The van der Waals surface area contributed by atoms with E-state index in [9.17, 15) is 9.59 Å². The highest BCUT2D eigenvalue weighted by Gasteiger charge is 2.17. The summed E-state index contributed by atoms with van der Waals surface area (Å²) in [5, 5.41) is 5.32. The third-order valence-electron chi connectivity index (χ3n) is 3.41. The van der Waals surface area contributed by atoms with Crippen LogP contribution in [0.2, 0.25) is 0 Å². The number of anilines is 1. The molecule has 132 valence electrons. The second-order valence-electron chi connectivity index (χ2n) is 5.37. The first kappa shape index (κ1) is 17.2. The van der Waals surface area contributed by atoms with E-state index in [0.29, 0.717) is 22.9 Å². The van der Waals surface area contributed by atoms with Crippen LogP contribution in [0.15, 0.2) is 65.9 Å². The molecule has 26 heavy (non-hydrogen) atoms. The summed E-state index contributed by atoms with van der Waals surface area (Å²) in [4.78, 5) is 32.0. The van der Waals surface area contributed by atoms with Gasteiger partial charge in [0.1, 0.15) is 18.1 Å². The van der Waals surface area contributed by atoms with Crippen molar-refractivity contribution < 1.29 is 18.7 Å².